The molecule has 0 aliphatic heterocycles. The molecular weight excluding hydrogens is 336 g/mol. The molecular formula is C18H18F4N2O. The van der Waals surface area contributed by atoms with Gasteiger partial charge in [-0.1, -0.05) is 24.3 Å². The van der Waals surface area contributed by atoms with Gasteiger partial charge >= 0.3 is 6.18 Å². The van der Waals surface area contributed by atoms with Crippen molar-refractivity contribution in [3.8, 4) is 0 Å². The fourth-order valence-electron chi connectivity index (χ4n) is 2.50. The summed E-state index contributed by atoms with van der Waals surface area (Å²) in [7, 11) is 3.33. The Labute approximate surface area is 143 Å². The summed E-state index contributed by atoms with van der Waals surface area (Å²) in [4.78, 5) is 14.1. The highest BCUT2D eigenvalue weighted by atomic mass is 19.4. The first-order valence-corrected chi connectivity index (χ1v) is 7.54. The molecule has 0 saturated carbocycles. The van der Waals surface area contributed by atoms with Crippen molar-refractivity contribution in [2.75, 3.05) is 14.1 Å². The Hall–Kier alpha value is -2.41. The third kappa shape index (κ3) is 5.03. The number of hydrogen-bond donors (Lipinski definition) is 1. The monoisotopic (exact) mass is 354 g/mol. The summed E-state index contributed by atoms with van der Waals surface area (Å²) in [5.74, 6) is -0.886. The number of halogens is 4. The number of alkyl halides is 3. The fourth-order valence-corrected chi connectivity index (χ4v) is 2.50. The largest absolute Gasteiger partial charge is 0.416 e. The van der Waals surface area contributed by atoms with Gasteiger partial charge in [-0.3, -0.25) is 9.69 Å². The Kier molecular flexibility index (Phi) is 5.79. The van der Waals surface area contributed by atoms with Gasteiger partial charge in [-0.2, -0.15) is 13.2 Å². The summed E-state index contributed by atoms with van der Waals surface area (Å²) in [6, 6.07) is 9.67. The molecule has 2 aromatic carbocycles. The van der Waals surface area contributed by atoms with Crippen LogP contribution in [-0.2, 0) is 17.5 Å². The second-order valence-electron chi connectivity index (χ2n) is 5.84. The van der Waals surface area contributed by atoms with Gasteiger partial charge in [0.05, 0.1) is 5.56 Å². The van der Waals surface area contributed by atoms with Gasteiger partial charge in [0, 0.05) is 6.54 Å². The molecule has 1 amide bonds. The van der Waals surface area contributed by atoms with Crippen molar-refractivity contribution in [1.29, 1.82) is 0 Å². The van der Waals surface area contributed by atoms with Crippen molar-refractivity contribution in [2.24, 2.45) is 0 Å². The SMILES string of the molecule is CN(C)[C@H](C(=O)NCc1cccc(C(F)(F)F)c1)c1cccc(F)c1. The van der Waals surface area contributed by atoms with Gasteiger partial charge in [-0.15, -0.1) is 0 Å². The minimum Gasteiger partial charge on any atom is -0.350 e. The van der Waals surface area contributed by atoms with Crippen molar-refractivity contribution in [3.63, 3.8) is 0 Å². The Balaban J connectivity index is 2.12. The minimum atomic E-state index is -4.44. The highest BCUT2D eigenvalue weighted by Crippen LogP contribution is 2.29. The van der Waals surface area contributed by atoms with Crippen LogP contribution in [0.2, 0.25) is 0 Å². The molecule has 0 radical (unpaired) electrons. The molecule has 2 rings (SSSR count). The number of carbonyl (C=O) groups excluding carboxylic acids is 1. The lowest BCUT2D eigenvalue weighted by atomic mass is 10.0. The van der Waals surface area contributed by atoms with Crippen molar-refractivity contribution in [1.82, 2.24) is 10.2 Å². The number of benzene rings is 2. The Morgan fingerprint density at radius 2 is 1.80 bits per heavy atom. The molecule has 1 N–H and O–H groups in total. The second-order valence-corrected chi connectivity index (χ2v) is 5.84. The van der Waals surface area contributed by atoms with Gasteiger partial charge in [0.15, 0.2) is 0 Å². The molecule has 0 saturated heterocycles. The van der Waals surface area contributed by atoms with E-state index in [4.69, 9.17) is 0 Å². The third-order valence-corrected chi connectivity index (χ3v) is 3.65. The van der Waals surface area contributed by atoms with Crippen LogP contribution in [0.25, 0.3) is 0 Å². The average molecular weight is 354 g/mol. The lowest BCUT2D eigenvalue weighted by molar-refractivity contribution is -0.137. The normalized spacial score (nSPS) is 12.9. The lowest BCUT2D eigenvalue weighted by Gasteiger charge is -2.24. The predicted octanol–water partition coefficient (Wildman–Crippen LogP) is 3.76. The Morgan fingerprint density at radius 3 is 2.40 bits per heavy atom. The molecule has 2 aromatic rings. The van der Waals surface area contributed by atoms with E-state index in [1.807, 2.05) is 0 Å². The molecule has 0 heterocycles. The van der Waals surface area contributed by atoms with E-state index in [2.05, 4.69) is 5.32 Å². The number of hydrogen-bond acceptors (Lipinski definition) is 2. The number of rotatable bonds is 5. The van der Waals surface area contributed by atoms with E-state index in [9.17, 15) is 22.4 Å². The zero-order chi connectivity index (χ0) is 18.6. The van der Waals surface area contributed by atoms with Crippen LogP contribution in [0.1, 0.15) is 22.7 Å². The Morgan fingerprint density at radius 1 is 1.12 bits per heavy atom. The van der Waals surface area contributed by atoms with Gasteiger partial charge in [0.1, 0.15) is 11.9 Å². The molecule has 0 unspecified atom stereocenters. The van der Waals surface area contributed by atoms with Gasteiger partial charge < -0.3 is 5.32 Å². The lowest BCUT2D eigenvalue weighted by Crippen LogP contribution is -2.36. The molecule has 0 aliphatic rings. The van der Waals surface area contributed by atoms with Crippen LogP contribution >= 0.6 is 0 Å². The summed E-state index contributed by atoms with van der Waals surface area (Å²) in [6.07, 6.45) is -4.44. The summed E-state index contributed by atoms with van der Waals surface area (Å²) < 4.78 is 51.6. The van der Waals surface area contributed by atoms with Crippen LogP contribution in [0, 0.1) is 5.82 Å². The van der Waals surface area contributed by atoms with Gasteiger partial charge in [0.2, 0.25) is 5.91 Å². The van der Waals surface area contributed by atoms with E-state index in [-0.39, 0.29) is 6.54 Å². The quantitative estimate of drug-likeness (QED) is 0.829. The topological polar surface area (TPSA) is 32.3 Å². The number of likely N-dealkylation sites (N-methyl/N-ethyl adjacent to an activating group) is 1. The molecule has 1 atom stereocenters. The maximum absolute atomic E-state index is 13.4. The summed E-state index contributed by atoms with van der Waals surface area (Å²) in [5, 5.41) is 2.61. The van der Waals surface area contributed by atoms with Crippen LogP contribution in [0.15, 0.2) is 48.5 Å². The summed E-state index contributed by atoms with van der Waals surface area (Å²) in [5.41, 5.74) is 0.0278. The molecule has 3 nitrogen and oxygen atoms in total. The van der Waals surface area contributed by atoms with Crippen molar-refractivity contribution >= 4 is 5.91 Å². The van der Waals surface area contributed by atoms with Crippen molar-refractivity contribution in [2.45, 2.75) is 18.8 Å². The van der Waals surface area contributed by atoms with E-state index in [0.717, 1.165) is 12.1 Å². The fraction of sp³-hybridized carbons (Fsp3) is 0.278. The molecule has 134 valence electrons. The smallest absolute Gasteiger partial charge is 0.350 e. The van der Waals surface area contributed by atoms with Crippen LogP contribution in [0.3, 0.4) is 0 Å². The number of nitrogens with one attached hydrogen (secondary N) is 1. The average Bonchev–Trinajstić information content (AvgIpc) is 2.52. The molecule has 0 fully saturated rings. The first-order valence-electron chi connectivity index (χ1n) is 7.54. The highest BCUT2D eigenvalue weighted by molar-refractivity contribution is 5.83. The van der Waals surface area contributed by atoms with Gasteiger partial charge in [-0.25, -0.2) is 4.39 Å². The number of nitrogens with zero attached hydrogens (tertiary/aromatic N) is 1. The van der Waals surface area contributed by atoms with Crippen LogP contribution in [0.5, 0.6) is 0 Å². The molecule has 0 bridgehead atoms. The van der Waals surface area contributed by atoms with Gasteiger partial charge in [-0.05, 0) is 49.5 Å². The molecule has 0 aromatic heterocycles. The van der Waals surface area contributed by atoms with Crippen LogP contribution in [0.4, 0.5) is 17.6 Å². The molecule has 0 spiro atoms. The number of carbonyl (C=O) groups is 1. The maximum Gasteiger partial charge on any atom is 0.416 e. The van der Waals surface area contributed by atoms with Crippen molar-refractivity contribution in [3.05, 3.63) is 71.0 Å². The molecule has 25 heavy (non-hydrogen) atoms. The number of amides is 1. The van der Waals surface area contributed by atoms with E-state index in [0.29, 0.717) is 11.1 Å². The van der Waals surface area contributed by atoms with Crippen LogP contribution < -0.4 is 5.32 Å². The maximum atomic E-state index is 13.4. The van der Waals surface area contributed by atoms with Crippen molar-refractivity contribution < 1.29 is 22.4 Å². The van der Waals surface area contributed by atoms with E-state index in [1.54, 1.807) is 25.1 Å². The minimum absolute atomic E-state index is 0.0532. The van der Waals surface area contributed by atoms with E-state index in [1.165, 1.54) is 30.3 Å². The predicted molar refractivity (Wildman–Crippen MR) is 86.1 cm³/mol. The zero-order valence-electron chi connectivity index (χ0n) is 13.8. The Bertz CT molecular complexity index is 744. The highest BCUT2D eigenvalue weighted by Gasteiger charge is 2.30. The van der Waals surface area contributed by atoms with Crippen LogP contribution in [-0.4, -0.2) is 24.9 Å². The summed E-state index contributed by atoms with van der Waals surface area (Å²) >= 11 is 0. The first kappa shape index (κ1) is 18.9. The third-order valence-electron chi connectivity index (χ3n) is 3.65. The van der Waals surface area contributed by atoms with Gasteiger partial charge in [0.25, 0.3) is 0 Å². The molecule has 0 aliphatic carbocycles. The zero-order valence-corrected chi connectivity index (χ0v) is 13.8. The summed E-state index contributed by atoms with van der Waals surface area (Å²) in [6.45, 7) is -0.0532. The second kappa shape index (κ2) is 7.65. The van der Waals surface area contributed by atoms with E-state index < -0.39 is 29.5 Å². The standard InChI is InChI=1S/C18H18F4N2O/c1-24(2)16(13-6-4-8-15(19)10-13)17(25)23-11-12-5-3-7-14(9-12)18(20,21)22/h3-10,16H,11H2,1-2H3,(H,23,25)/t16-/m0/s1. The van der Waals surface area contributed by atoms with E-state index >= 15 is 0 Å². The first-order chi connectivity index (χ1) is 11.7. The molecule has 7 heteroatoms.